The molecule has 0 radical (unpaired) electrons. The lowest BCUT2D eigenvalue weighted by Crippen LogP contribution is -2.10. The zero-order chi connectivity index (χ0) is 13.6. The van der Waals surface area contributed by atoms with Crippen molar-refractivity contribution in [2.24, 2.45) is 5.92 Å². The number of nitrogens with one attached hydrogen (secondary N) is 1. The minimum absolute atomic E-state index is 0.0316. The number of benzene rings is 1. The molecule has 3 rings (SSSR count). The van der Waals surface area contributed by atoms with Crippen LogP contribution in [-0.2, 0) is 5.41 Å². The minimum atomic E-state index is -0.282. The Morgan fingerprint density at radius 1 is 1.32 bits per heavy atom. The molecular weight excluding hydrogens is 241 g/mol. The molecule has 1 aromatic heterocycles. The average Bonchev–Trinajstić information content (AvgIpc) is 3.03. The van der Waals surface area contributed by atoms with Crippen LogP contribution in [0, 0.1) is 11.7 Å². The van der Waals surface area contributed by atoms with Crippen molar-refractivity contribution in [3.05, 3.63) is 29.7 Å². The third-order valence-corrected chi connectivity index (χ3v) is 3.73. The first-order valence-corrected chi connectivity index (χ1v) is 6.89. The van der Waals surface area contributed by atoms with Gasteiger partial charge in [0.2, 0.25) is 0 Å². The summed E-state index contributed by atoms with van der Waals surface area (Å²) in [6.07, 6.45) is 4.37. The van der Waals surface area contributed by atoms with E-state index in [-0.39, 0.29) is 11.2 Å². The fourth-order valence-electron chi connectivity index (χ4n) is 2.39. The molecule has 19 heavy (non-hydrogen) atoms. The number of aromatic nitrogens is 1. The number of aromatic amines is 1. The van der Waals surface area contributed by atoms with Gasteiger partial charge in [0, 0.05) is 11.6 Å². The SMILES string of the molecule is CC(C)(C)c1c[nH]c2c(OCC3CC3)c(F)ccc12. The van der Waals surface area contributed by atoms with E-state index in [2.05, 4.69) is 25.8 Å². The molecule has 1 saturated carbocycles. The van der Waals surface area contributed by atoms with Crippen molar-refractivity contribution in [3.8, 4) is 5.75 Å². The Kier molecular flexibility index (Phi) is 2.80. The van der Waals surface area contributed by atoms with Gasteiger partial charge in [0.05, 0.1) is 12.1 Å². The molecule has 102 valence electrons. The number of hydrogen-bond acceptors (Lipinski definition) is 1. The highest BCUT2D eigenvalue weighted by atomic mass is 19.1. The van der Waals surface area contributed by atoms with Gasteiger partial charge in [-0.25, -0.2) is 4.39 Å². The molecule has 1 aliphatic carbocycles. The molecule has 0 amide bonds. The van der Waals surface area contributed by atoms with E-state index in [1.165, 1.54) is 24.5 Å². The van der Waals surface area contributed by atoms with Gasteiger partial charge < -0.3 is 9.72 Å². The Labute approximate surface area is 113 Å². The van der Waals surface area contributed by atoms with Crippen molar-refractivity contribution in [1.29, 1.82) is 0 Å². The van der Waals surface area contributed by atoms with E-state index in [4.69, 9.17) is 4.74 Å². The van der Waals surface area contributed by atoms with Crippen LogP contribution in [0.5, 0.6) is 5.75 Å². The van der Waals surface area contributed by atoms with Gasteiger partial charge in [0.25, 0.3) is 0 Å². The van der Waals surface area contributed by atoms with Crippen LogP contribution in [-0.4, -0.2) is 11.6 Å². The van der Waals surface area contributed by atoms with Crippen molar-refractivity contribution < 1.29 is 9.13 Å². The van der Waals surface area contributed by atoms with Gasteiger partial charge in [0.1, 0.15) is 0 Å². The molecule has 1 aliphatic rings. The van der Waals surface area contributed by atoms with Gasteiger partial charge >= 0.3 is 0 Å². The van der Waals surface area contributed by atoms with Crippen LogP contribution in [0.15, 0.2) is 18.3 Å². The summed E-state index contributed by atoms with van der Waals surface area (Å²) < 4.78 is 19.6. The standard InChI is InChI=1S/C16H20FNO/c1-16(2,3)12-8-18-14-11(12)6-7-13(17)15(14)19-9-10-4-5-10/h6-8,10,18H,4-5,9H2,1-3H3. The molecular formula is C16H20FNO. The number of hydrogen-bond donors (Lipinski definition) is 1. The van der Waals surface area contributed by atoms with E-state index >= 15 is 0 Å². The summed E-state index contributed by atoms with van der Waals surface area (Å²) in [4.78, 5) is 3.18. The van der Waals surface area contributed by atoms with E-state index < -0.39 is 0 Å². The predicted octanol–water partition coefficient (Wildman–Crippen LogP) is 4.39. The summed E-state index contributed by atoms with van der Waals surface area (Å²) in [6.45, 7) is 7.09. The largest absolute Gasteiger partial charge is 0.488 e. The molecule has 0 atom stereocenters. The van der Waals surface area contributed by atoms with Crippen molar-refractivity contribution >= 4 is 10.9 Å². The molecule has 0 saturated heterocycles. The number of H-pyrrole nitrogens is 1. The Morgan fingerprint density at radius 3 is 2.68 bits per heavy atom. The van der Waals surface area contributed by atoms with Crippen LogP contribution in [0.1, 0.15) is 39.2 Å². The van der Waals surface area contributed by atoms with Gasteiger partial charge in [-0.15, -0.1) is 0 Å². The Hall–Kier alpha value is -1.51. The van der Waals surface area contributed by atoms with Crippen molar-refractivity contribution in [2.75, 3.05) is 6.61 Å². The zero-order valence-electron chi connectivity index (χ0n) is 11.7. The number of fused-ring (bicyclic) bond motifs is 1. The fourth-order valence-corrected chi connectivity index (χ4v) is 2.39. The van der Waals surface area contributed by atoms with Crippen LogP contribution in [0.4, 0.5) is 4.39 Å². The molecule has 1 fully saturated rings. The van der Waals surface area contributed by atoms with E-state index in [0.717, 1.165) is 10.9 Å². The van der Waals surface area contributed by atoms with Crippen LogP contribution < -0.4 is 4.74 Å². The summed E-state index contributed by atoms with van der Waals surface area (Å²) in [7, 11) is 0. The maximum absolute atomic E-state index is 14.0. The summed E-state index contributed by atoms with van der Waals surface area (Å²) >= 11 is 0. The summed E-state index contributed by atoms with van der Waals surface area (Å²) in [5.41, 5.74) is 2.01. The van der Waals surface area contributed by atoms with Crippen molar-refractivity contribution in [3.63, 3.8) is 0 Å². The molecule has 1 heterocycles. The van der Waals surface area contributed by atoms with E-state index in [1.807, 2.05) is 12.3 Å². The fraction of sp³-hybridized carbons (Fsp3) is 0.500. The third-order valence-electron chi connectivity index (χ3n) is 3.73. The lowest BCUT2D eigenvalue weighted by molar-refractivity contribution is 0.288. The molecule has 0 aliphatic heterocycles. The molecule has 1 N–H and O–H groups in total. The van der Waals surface area contributed by atoms with Gasteiger partial charge in [0.15, 0.2) is 11.6 Å². The third kappa shape index (κ3) is 2.34. The van der Waals surface area contributed by atoms with E-state index in [0.29, 0.717) is 18.3 Å². The Morgan fingerprint density at radius 2 is 2.05 bits per heavy atom. The Balaban J connectivity index is 2.04. The van der Waals surface area contributed by atoms with Crippen LogP contribution in [0.3, 0.4) is 0 Å². The highest BCUT2D eigenvalue weighted by Gasteiger charge is 2.25. The smallest absolute Gasteiger partial charge is 0.178 e. The Bertz CT molecular complexity index is 605. The van der Waals surface area contributed by atoms with Gasteiger partial charge in [-0.05, 0) is 41.9 Å². The monoisotopic (exact) mass is 261 g/mol. The molecule has 0 unspecified atom stereocenters. The maximum Gasteiger partial charge on any atom is 0.178 e. The van der Waals surface area contributed by atoms with Crippen molar-refractivity contribution in [1.82, 2.24) is 4.98 Å². The summed E-state index contributed by atoms with van der Waals surface area (Å²) in [6, 6.07) is 3.35. The van der Waals surface area contributed by atoms with Gasteiger partial charge in [-0.2, -0.15) is 0 Å². The van der Waals surface area contributed by atoms with Crippen LogP contribution in [0.2, 0.25) is 0 Å². The molecule has 0 spiro atoms. The lowest BCUT2D eigenvalue weighted by atomic mass is 9.87. The molecule has 3 heteroatoms. The number of ether oxygens (including phenoxy) is 1. The van der Waals surface area contributed by atoms with Crippen LogP contribution >= 0.6 is 0 Å². The first-order valence-electron chi connectivity index (χ1n) is 6.89. The predicted molar refractivity (Wildman–Crippen MR) is 75.2 cm³/mol. The first kappa shape index (κ1) is 12.5. The second-order valence-corrected chi connectivity index (χ2v) is 6.51. The highest BCUT2D eigenvalue weighted by molar-refractivity contribution is 5.89. The van der Waals surface area contributed by atoms with Gasteiger partial charge in [-0.3, -0.25) is 0 Å². The van der Waals surface area contributed by atoms with Crippen molar-refractivity contribution in [2.45, 2.75) is 39.0 Å². The number of rotatable bonds is 3. The topological polar surface area (TPSA) is 25.0 Å². The minimum Gasteiger partial charge on any atom is -0.488 e. The maximum atomic E-state index is 14.0. The lowest BCUT2D eigenvalue weighted by Gasteiger charge is -2.17. The highest BCUT2D eigenvalue weighted by Crippen LogP contribution is 2.37. The second-order valence-electron chi connectivity index (χ2n) is 6.51. The normalized spacial score (nSPS) is 16.0. The summed E-state index contributed by atoms with van der Waals surface area (Å²) in [5.74, 6) is 0.710. The van der Waals surface area contributed by atoms with E-state index in [1.54, 1.807) is 0 Å². The second kappa shape index (κ2) is 4.26. The molecule has 2 nitrogen and oxygen atoms in total. The quantitative estimate of drug-likeness (QED) is 0.870. The molecule has 1 aromatic carbocycles. The molecule has 0 bridgehead atoms. The first-order chi connectivity index (χ1) is 8.97. The zero-order valence-corrected chi connectivity index (χ0v) is 11.7. The average molecular weight is 261 g/mol. The number of halogens is 1. The van der Waals surface area contributed by atoms with Crippen LogP contribution in [0.25, 0.3) is 10.9 Å². The summed E-state index contributed by atoms with van der Waals surface area (Å²) in [5, 5.41) is 1.06. The van der Waals surface area contributed by atoms with E-state index in [9.17, 15) is 4.39 Å². The van der Waals surface area contributed by atoms with Gasteiger partial charge in [-0.1, -0.05) is 20.8 Å². The molecule has 2 aromatic rings.